The van der Waals surface area contributed by atoms with Gasteiger partial charge in [0, 0.05) is 0 Å². The molecule has 0 aliphatic rings. The quantitative estimate of drug-likeness (QED) is 0.336. The topological polar surface area (TPSA) is 170 Å². The van der Waals surface area contributed by atoms with E-state index < -0.39 is 15.6 Å². The van der Waals surface area contributed by atoms with Crippen molar-refractivity contribution in [2.75, 3.05) is 0 Å². The summed E-state index contributed by atoms with van der Waals surface area (Å²) < 4.78 is 17.2. The van der Waals surface area contributed by atoms with Gasteiger partial charge in [-0.1, -0.05) is 0 Å². The average Bonchev–Trinajstić information content (AvgIpc) is 1.12. The molecular weight excluding hydrogens is 272 g/mol. The molecule has 0 aliphatic heterocycles. The molecule has 0 amide bonds. The van der Waals surface area contributed by atoms with Gasteiger partial charge in [0.15, 0.2) is 0 Å². The second-order valence-corrected chi connectivity index (χ2v) is 2.75. The van der Waals surface area contributed by atoms with Crippen molar-refractivity contribution in [3.8, 4) is 0 Å². The Hall–Kier alpha value is 1.27. The van der Waals surface area contributed by atoms with E-state index in [-0.39, 0.29) is 34.4 Å². The standard InChI is InChI=1S/Al.Mn.2H3O4P/c;;2*1-5(2,3)4/h;;2*(H3,1,2,3,4)/q+3;+2;;/p-5. The third kappa shape index (κ3) is 735. The zero-order valence-corrected chi connectivity index (χ0v) is 9.28. The third-order valence-corrected chi connectivity index (χ3v) is 0. The van der Waals surface area contributed by atoms with Gasteiger partial charge in [-0.3, -0.25) is 0 Å². The van der Waals surface area contributed by atoms with Crippen molar-refractivity contribution >= 4 is 33.0 Å². The van der Waals surface area contributed by atoms with Gasteiger partial charge in [0.25, 0.3) is 0 Å². The molecule has 0 fully saturated rings. The molecule has 0 saturated heterocycles. The molecule has 0 aromatic heterocycles. The van der Waals surface area contributed by atoms with Crippen LogP contribution in [0.15, 0.2) is 0 Å². The van der Waals surface area contributed by atoms with Crippen LogP contribution in [0.2, 0.25) is 0 Å². The summed E-state index contributed by atoms with van der Waals surface area (Å²) in [6.07, 6.45) is 0. The minimum atomic E-state index is -5.39. The van der Waals surface area contributed by atoms with Gasteiger partial charge < -0.3 is 38.5 Å². The zero-order chi connectivity index (χ0) is 9.00. The first-order valence-electron chi connectivity index (χ1n) is 1.48. The van der Waals surface area contributed by atoms with Crippen molar-refractivity contribution < 1.29 is 55.6 Å². The Balaban J connectivity index is -0.0000000457. The molecule has 0 aromatic carbocycles. The van der Waals surface area contributed by atoms with Crippen LogP contribution in [0.3, 0.4) is 0 Å². The van der Waals surface area contributed by atoms with Crippen molar-refractivity contribution in [3.63, 3.8) is 0 Å². The van der Waals surface area contributed by atoms with Gasteiger partial charge in [-0.15, -0.1) is 0 Å². The molecule has 0 aromatic rings. The fraction of sp³-hybridized carbons (Fsp3) is 0. The first-order valence-corrected chi connectivity index (χ1v) is 4.43. The maximum Gasteiger partial charge on any atom is 3.00 e. The van der Waals surface area contributed by atoms with Crippen LogP contribution < -0.4 is 24.5 Å². The molecule has 1 N–H and O–H groups in total. The van der Waals surface area contributed by atoms with Crippen LogP contribution in [-0.2, 0) is 26.2 Å². The van der Waals surface area contributed by atoms with E-state index in [9.17, 15) is 0 Å². The molecule has 12 heteroatoms. The van der Waals surface area contributed by atoms with E-state index in [1.807, 2.05) is 0 Å². The van der Waals surface area contributed by atoms with Crippen molar-refractivity contribution in [3.05, 3.63) is 0 Å². The molecule has 0 bridgehead atoms. The first-order chi connectivity index (χ1) is 4.00. The molecule has 0 saturated carbocycles. The van der Waals surface area contributed by atoms with Crippen molar-refractivity contribution in [2.45, 2.75) is 0 Å². The van der Waals surface area contributed by atoms with Gasteiger partial charge in [0.2, 0.25) is 0 Å². The Kier molecular flexibility index (Phi) is 17.2. The molecule has 0 atom stereocenters. The molecule has 0 heterocycles. The summed E-state index contributed by atoms with van der Waals surface area (Å²) in [4.78, 5) is 49.9. The van der Waals surface area contributed by atoms with E-state index in [1.165, 1.54) is 0 Å². The van der Waals surface area contributed by atoms with E-state index in [1.54, 1.807) is 0 Å². The minimum absolute atomic E-state index is 0. The SMILES string of the molecule is O=P([O-])([O-])O.O=P([O-])([O-])[O-].[Al+3].[Mn+2]. The predicted octanol–water partition coefficient (Wildman–Crippen LogP) is -5.40. The van der Waals surface area contributed by atoms with E-state index in [4.69, 9.17) is 38.5 Å². The van der Waals surface area contributed by atoms with Gasteiger partial charge in [-0.05, 0) is 0 Å². The van der Waals surface area contributed by atoms with Gasteiger partial charge in [0.1, 0.15) is 0 Å². The van der Waals surface area contributed by atoms with Gasteiger partial charge in [-0.2, -0.15) is 7.82 Å². The fourth-order valence-corrected chi connectivity index (χ4v) is 0. The summed E-state index contributed by atoms with van der Waals surface area (Å²) in [5, 5.41) is 0. The summed E-state index contributed by atoms with van der Waals surface area (Å²) >= 11 is 0. The molecule has 0 rings (SSSR count). The van der Waals surface area contributed by atoms with Crippen LogP contribution >= 0.6 is 15.6 Å². The molecule has 12 heavy (non-hydrogen) atoms. The maximum absolute atomic E-state index is 8.66. The summed E-state index contributed by atoms with van der Waals surface area (Å²) in [6, 6.07) is 0. The first kappa shape index (κ1) is 23.2. The zero-order valence-electron chi connectivity index (χ0n) is 5.15. The Bertz CT molecular complexity index is 129. The average molecular weight is 273 g/mol. The summed E-state index contributed by atoms with van der Waals surface area (Å²) in [6.45, 7) is 0. The van der Waals surface area contributed by atoms with Gasteiger partial charge in [-0.25, -0.2) is 0 Å². The minimum Gasteiger partial charge on any atom is -0.822 e. The predicted molar refractivity (Wildman–Crippen MR) is 23.2 cm³/mol. The Labute approximate surface area is 88.7 Å². The van der Waals surface area contributed by atoms with Crippen LogP contribution in [0.1, 0.15) is 0 Å². The molecule has 0 aliphatic carbocycles. The van der Waals surface area contributed by atoms with Crippen molar-refractivity contribution in [2.24, 2.45) is 0 Å². The largest absolute Gasteiger partial charge is 3.00 e. The Morgan fingerprint density at radius 2 is 0.917 bits per heavy atom. The fourth-order valence-electron chi connectivity index (χ4n) is 0. The number of phosphoric acid groups is 2. The van der Waals surface area contributed by atoms with Crippen molar-refractivity contribution in [1.29, 1.82) is 0 Å². The summed E-state index contributed by atoms with van der Waals surface area (Å²) in [5.74, 6) is 0. The van der Waals surface area contributed by atoms with Crippen LogP contribution in [0, 0.1) is 0 Å². The molecule has 1 radical (unpaired) electrons. The summed E-state index contributed by atoms with van der Waals surface area (Å²) in [5.41, 5.74) is 0. The smallest absolute Gasteiger partial charge is 0.822 e. The molecule has 0 unspecified atom stereocenters. The monoisotopic (exact) mass is 273 g/mol. The van der Waals surface area contributed by atoms with E-state index >= 15 is 0 Å². The third-order valence-electron chi connectivity index (χ3n) is 0. The maximum atomic E-state index is 8.66. The summed E-state index contributed by atoms with van der Waals surface area (Å²) in [7, 11) is -10.5. The molecular formula is HAlMnO8P2. The molecule has 69 valence electrons. The van der Waals surface area contributed by atoms with Gasteiger partial charge in [0.05, 0.1) is 7.82 Å². The van der Waals surface area contributed by atoms with E-state index in [0.717, 1.165) is 0 Å². The van der Waals surface area contributed by atoms with E-state index in [2.05, 4.69) is 0 Å². The van der Waals surface area contributed by atoms with Gasteiger partial charge >= 0.3 is 34.4 Å². The molecule has 8 nitrogen and oxygen atoms in total. The second kappa shape index (κ2) is 8.85. The Morgan fingerprint density at radius 3 is 0.917 bits per heavy atom. The van der Waals surface area contributed by atoms with E-state index in [0.29, 0.717) is 0 Å². The number of hydrogen-bond acceptors (Lipinski definition) is 7. The number of hydrogen-bond donors (Lipinski definition) is 1. The molecule has 0 spiro atoms. The van der Waals surface area contributed by atoms with Crippen LogP contribution in [0.4, 0.5) is 0 Å². The number of rotatable bonds is 0. The normalized spacial score (nSPS) is 9.83. The van der Waals surface area contributed by atoms with Crippen LogP contribution in [0.5, 0.6) is 0 Å². The second-order valence-electron chi connectivity index (χ2n) is 0.916. The Morgan fingerprint density at radius 1 is 0.917 bits per heavy atom. The van der Waals surface area contributed by atoms with Crippen LogP contribution in [0.25, 0.3) is 0 Å². The van der Waals surface area contributed by atoms with Crippen LogP contribution in [-0.4, -0.2) is 22.3 Å². The van der Waals surface area contributed by atoms with Crippen molar-refractivity contribution in [1.82, 2.24) is 0 Å².